The quantitative estimate of drug-likeness (QED) is 0.790. The first kappa shape index (κ1) is 13.4. The van der Waals surface area contributed by atoms with Gasteiger partial charge in [0.1, 0.15) is 5.75 Å². The zero-order valence-electron chi connectivity index (χ0n) is 8.31. The van der Waals surface area contributed by atoms with Gasteiger partial charge in [-0.2, -0.15) is 0 Å². The van der Waals surface area contributed by atoms with Crippen LogP contribution in [0.1, 0.15) is 5.56 Å². The lowest BCUT2D eigenvalue weighted by atomic mass is 10.2. The molecule has 0 radical (unpaired) electrons. The number of nitrogens with one attached hydrogen (secondary N) is 1. The average molecular weight is 279 g/mol. The number of sulfonamides is 1. The Bertz CT molecular complexity index is 488. The summed E-state index contributed by atoms with van der Waals surface area (Å²) in [5.74, 6) is -0.344. The van der Waals surface area contributed by atoms with Gasteiger partial charge >= 0.3 is 0 Å². The normalized spacial score (nSPS) is 11.3. The number of hydrogen-bond acceptors (Lipinski definition) is 3. The van der Waals surface area contributed by atoms with E-state index in [1.54, 1.807) is 24.3 Å². The van der Waals surface area contributed by atoms with Gasteiger partial charge in [0.25, 0.3) is 0 Å². The minimum absolute atomic E-state index is 0.0569. The molecule has 0 aromatic heterocycles. The predicted molar refractivity (Wildman–Crippen MR) is 68.9 cm³/mol. The molecule has 0 aliphatic heterocycles. The third-order valence-electron chi connectivity index (χ3n) is 1.72. The molecule has 0 saturated carbocycles. The molecule has 1 aromatic rings. The van der Waals surface area contributed by atoms with Crippen LogP contribution >= 0.6 is 23.8 Å². The van der Waals surface area contributed by atoms with E-state index in [1.165, 1.54) is 0 Å². The number of rotatable bonds is 5. The van der Waals surface area contributed by atoms with Crippen LogP contribution in [0, 0.1) is 0 Å². The first-order chi connectivity index (χ1) is 7.39. The number of halogens is 1. The second-order valence-corrected chi connectivity index (χ2v) is 5.94. The molecular formula is C9H11ClN2O2S2. The molecule has 3 N–H and O–H groups in total. The van der Waals surface area contributed by atoms with Crippen LogP contribution in [0.5, 0.6) is 0 Å². The summed E-state index contributed by atoms with van der Waals surface area (Å²) in [6.07, 6.45) is 0. The Morgan fingerprint density at radius 1 is 1.50 bits per heavy atom. The molecule has 0 unspecified atom stereocenters. The van der Waals surface area contributed by atoms with Crippen molar-refractivity contribution in [3.05, 3.63) is 34.9 Å². The number of nitrogens with two attached hydrogens (primary N) is 1. The number of thiocarbonyl (C=S) groups is 1. The first-order valence-electron chi connectivity index (χ1n) is 4.39. The van der Waals surface area contributed by atoms with E-state index in [9.17, 15) is 8.42 Å². The average Bonchev–Trinajstić information content (AvgIpc) is 2.13. The van der Waals surface area contributed by atoms with E-state index in [-0.39, 0.29) is 17.3 Å². The summed E-state index contributed by atoms with van der Waals surface area (Å²) in [6, 6.07) is 6.92. The van der Waals surface area contributed by atoms with E-state index in [2.05, 4.69) is 16.9 Å². The van der Waals surface area contributed by atoms with Gasteiger partial charge in [-0.3, -0.25) is 0 Å². The summed E-state index contributed by atoms with van der Waals surface area (Å²) in [5, 5.41) is 0.561. The number of hydrogen-bond donors (Lipinski definition) is 2. The lowest BCUT2D eigenvalue weighted by molar-refractivity contribution is 0.585. The maximum absolute atomic E-state index is 11.4. The molecule has 0 amide bonds. The summed E-state index contributed by atoms with van der Waals surface area (Å²) in [7, 11) is -3.45. The molecule has 0 aliphatic carbocycles. The van der Waals surface area contributed by atoms with Crippen LogP contribution in [0.15, 0.2) is 24.3 Å². The SMILES string of the molecule is NC(=S)CS(=O)(=O)NCc1cccc(Cl)c1. The molecule has 1 rings (SSSR count). The Labute approximate surface area is 105 Å². The van der Waals surface area contributed by atoms with Crippen LogP contribution in [0.2, 0.25) is 5.02 Å². The molecule has 16 heavy (non-hydrogen) atoms. The monoisotopic (exact) mass is 278 g/mol. The van der Waals surface area contributed by atoms with Gasteiger partial charge in [-0.1, -0.05) is 36.0 Å². The fourth-order valence-corrected chi connectivity index (χ4v) is 2.62. The van der Waals surface area contributed by atoms with Crippen molar-refractivity contribution in [2.45, 2.75) is 6.54 Å². The molecule has 0 spiro atoms. The van der Waals surface area contributed by atoms with Crippen LogP contribution < -0.4 is 10.5 Å². The van der Waals surface area contributed by atoms with Gasteiger partial charge < -0.3 is 5.73 Å². The van der Waals surface area contributed by atoms with Crippen molar-refractivity contribution in [1.29, 1.82) is 0 Å². The molecule has 0 fully saturated rings. The van der Waals surface area contributed by atoms with E-state index < -0.39 is 10.0 Å². The third-order valence-corrected chi connectivity index (χ3v) is 3.55. The smallest absolute Gasteiger partial charge is 0.218 e. The zero-order chi connectivity index (χ0) is 12.2. The topological polar surface area (TPSA) is 72.2 Å². The fourth-order valence-electron chi connectivity index (χ4n) is 1.08. The largest absolute Gasteiger partial charge is 0.392 e. The Morgan fingerprint density at radius 3 is 2.75 bits per heavy atom. The molecule has 0 bridgehead atoms. The van der Waals surface area contributed by atoms with Crippen molar-refractivity contribution in [2.75, 3.05) is 5.75 Å². The first-order valence-corrected chi connectivity index (χ1v) is 6.83. The second-order valence-electron chi connectivity index (χ2n) is 3.18. The minimum Gasteiger partial charge on any atom is -0.392 e. The highest BCUT2D eigenvalue weighted by atomic mass is 35.5. The highest BCUT2D eigenvalue weighted by molar-refractivity contribution is 7.92. The van der Waals surface area contributed by atoms with Crippen LogP contribution in [0.4, 0.5) is 0 Å². The Hall–Kier alpha value is -0.690. The molecule has 4 nitrogen and oxygen atoms in total. The summed E-state index contributed by atoms with van der Waals surface area (Å²) in [4.78, 5) is -0.0569. The van der Waals surface area contributed by atoms with Gasteiger partial charge in [-0.05, 0) is 17.7 Å². The van der Waals surface area contributed by atoms with E-state index in [1.807, 2.05) is 0 Å². The van der Waals surface area contributed by atoms with E-state index in [0.717, 1.165) is 5.56 Å². The summed E-state index contributed by atoms with van der Waals surface area (Å²) in [5.41, 5.74) is 5.94. The van der Waals surface area contributed by atoms with Crippen LogP contribution in [-0.2, 0) is 16.6 Å². The van der Waals surface area contributed by atoms with E-state index in [4.69, 9.17) is 17.3 Å². The molecule has 1 aromatic carbocycles. The van der Waals surface area contributed by atoms with Gasteiger partial charge in [0.15, 0.2) is 0 Å². The number of benzene rings is 1. The Morgan fingerprint density at radius 2 is 2.19 bits per heavy atom. The summed E-state index contributed by atoms with van der Waals surface area (Å²) in [6.45, 7) is 0.172. The lowest BCUT2D eigenvalue weighted by Gasteiger charge is -2.05. The third kappa shape index (κ3) is 4.89. The Balaban J connectivity index is 2.61. The van der Waals surface area contributed by atoms with E-state index in [0.29, 0.717) is 5.02 Å². The van der Waals surface area contributed by atoms with Crippen molar-refractivity contribution in [2.24, 2.45) is 5.73 Å². The van der Waals surface area contributed by atoms with Crippen molar-refractivity contribution in [3.8, 4) is 0 Å². The molecule has 0 heterocycles. The maximum atomic E-state index is 11.4. The van der Waals surface area contributed by atoms with Gasteiger partial charge in [0.2, 0.25) is 10.0 Å². The molecular weight excluding hydrogens is 268 g/mol. The summed E-state index contributed by atoms with van der Waals surface area (Å²) < 4.78 is 25.2. The Kier molecular flexibility index (Phi) is 4.67. The van der Waals surface area contributed by atoms with Crippen molar-refractivity contribution in [1.82, 2.24) is 4.72 Å². The maximum Gasteiger partial charge on any atom is 0.218 e. The van der Waals surface area contributed by atoms with Crippen LogP contribution in [-0.4, -0.2) is 19.2 Å². The molecule has 7 heteroatoms. The van der Waals surface area contributed by atoms with Crippen LogP contribution in [0.25, 0.3) is 0 Å². The van der Waals surface area contributed by atoms with Gasteiger partial charge in [-0.15, -0.1) is 0 Å². The lowest BCUT2D eigenvalue weighted by Crippen LogP contribution is -2.31. The van der Waals surface area contributed by atoms with Crippen molar-refractivity contribution < 1.29 is 8.42 Å². The highest BCUT2D eigenvalue weighted by Gasteiger charge is 2.11. The van der Waals surface area contributed by atoms with Crippen LogP contribution in [0.3, 0.4) is 0 Å². The molecule has 0 atom stereocenters. The standard InChI is InChI=1S/C9H11ClN2O2S2/c10-8-3-1-2-7(4-8)5-12-16(13,14)6-9(11)15/h1-4,12H,5-6H2,(H2,11,15). The van der Waals surface area contributed by atoms with Gasteiger partial charge in [-0.25, -0.2) is 13.1 Å². The predicted octanol–water partition coefficient (Wildman–Crippen LogP) is 1.05. The summed E-state index contributed by atoms with van der Waals surface area (Å²) >= 11 is 10.3. The minimum atomic E-state index is -3.45. The fraction of sp³-hybridized carbons (Fsp3) is 0.222. The highest BCUT2D eigenvalue weighted by Crippen LogP contribution is 2.10. The second kappa shape index (κ2) is 5.58. The van der Waals surface area contributed by atoms with Crippen molar-refractivity contribution in [3.63, 3.8) is 0 Å². The van der Waals surface area contributed by atoms with Gasteiger partial charge in [0.05, 0.1) is 4.99 Å². The van der Waals surface area contributed by atoms with E-state index >= 15 is 0 Å². The van der Waals surface area contributed by atoms with Gasteiger partial charge in [0, 0.05) is 11.6 Å². The molecule has 0 saturated heterocycles. The molecule has 0 aliphatic rings. The zero-order valence-corrected chi connectivity index (χ0v) is 10.7. The van der Waals surface area contributed by atoms with Crippen molar-refractivity contribution >= 4 is 38.8 Å². The molecule has 88 valence electrons.